The third-order valence-corrected chi connectivity index (χ3v) is 6.25. The third-order valence-electron chi connectivity index (χ3n) is 5.11. The fourth-order valence-corrected chi connectivity index (χ4v) is 4.79. The van der Waals surface area contributed by atoms with Crippen molar-refractivity contribution in [3.63, 3.8) is 0 Å². The standard InChI is InChI=1S/C24H19N3O3S/c28-23(14-29-19-12-10-18(11-13-19)24-26-25-16-30-24)27-20-8-4-5-9-22(20)31-15-21(27)17-6-2-1-3-7-17/h1-13,16,21H,14-15H2. The van der Waals surface area contributed by atoms with Gasteiger partial charge in [-0.15, -0.1) is 22.0 Å². The normalized spacial score (nSPS) is 15.4. The summed E-state index contributed by atoms with van der Waals surface area (Å²) in [6, 6.07) is 25.3. The first-order valence-corrected chi connectivity index (χ1v) is 10.9. The molecular formula is C24H19N3O3S. The zero-order valence-electron chi connectivity index (χ0n) is 16.5. The molecule has 0 aliphatic carbocycles. The second kappa shape index (κ2) is 8.65. The molecule has 1 amide bonds. The minimum Gasteiger partial charge on any atom is -0.484 e. The second-order valence-corrected chi connectivity index (χ2v) is 8.09. The number of hydrogen-bond acceptors (Lipinski definition) is 6. The summed E-state index contributed by atoms with van der Waals surface area (Å²) in [5, 5.41) is 7.57. The molecule has 6 nitrogen and oxygen atoms in total. The number of aromatic nitrogens is 2. The molecule has 4 aromatic rings. The van der Waals surface area contributed by atoms with Crippen LogP contribution in [0.5, 0.6) is 5.75 Å². The Morgan fingerprint density at radius 2 is 1.81 bits per heavy atom. The van der Waals surface area contributed by atoms with Crippen LogP contribution in [-0.4, -0.2) is 28.5 Å². The number of hydrogen-bond donors (Lipinski definition) is 0. The Balaban J connectivity index is 1.36. The average Bonchev–Trinajstić information content (AvgIpc) is 3.38. The Morgan fingerprint density at radius 1 is 1.03 bits per heavy atom. The molecule has 1 aromatic heterocycles. The van der Waals surface area contributed by atoms with E-state index in [2.05, 4.69) is 28.4 Å². The number of carbonyl (C=O) groups is 1. The predicted molar refractivity (Wildman–Crippen MR) is 119 cm³/mol. The first kappa shape index (κ1) is 19.4. The number of nitrogens with zero attached hydrogens (tertiary/aromatic N) is 3. The summed E-state index contributed by atoms with van der Waals surface area (Å²) in [6.07, 6.45) is 1.29. The highest BCUT2D eigenvalue weighted by Gasteiger charge is 2.32. The maximum atomic E-state index is 13.3. The lowest BCUT2D eigenvalue weighted by Gasteiger charge is -2.37. The molecule has 3 aromatic carbocycles. The van der Waals surface area contributed by atoms with Gasteiger partial charge < -0.3 is 9.15 Å². The molecule has 31 heavy (non-hydrogen) atoms. The SMILES string of the molecule is O=C(COc1ccc(-c2nnco2)cc1)N1c2ccccc2SCC1c1ccccc1. The van der Waals surface area contributed by atoms with Gasteiger partial charge in [0.05, 0.1) is 11.7 Å². The number of ether oxygens (including phenoxy) is 1. The molecule has 1 aliphatic heterocycles. The van der Waals surface area contributed by atoms with Crippen molar-refractivity contribution in [3.8, 4) is 17.2 Å². The average molecular weight is 430 g/mol. The number of anilines is 1. The lowest BCUT2D eigenvalue weighted by Crippen LogP contribution is -2.41. The minimum atomic E-state index is -0.0809. The van der Waals surface area contributed by atoms with E-state index in [9.17, 15) is 4.79 Å². The number of carbonyl (C=O) groups excluding carboxylic acids is 1. The van der Waals surface area contributed by atoms with E-state index in [4.69, 9.17) is 9.15 Å². The summed E-state index contributed by atoms with van der Waals surface area (Å²) < 4.78 is 11.0. The van der Waals surface area contributed by atoms with Crippen LogP contribution in [0, 0.1) is 0 Å². The minimum absolute atomic E-state index is 0.0443. The summed E-state index contributed by atoms with van der Waals surface area (Å²) in [4.78, 5) is 16.3. The maximum Gasteiger partial charge on any atom is 0.265 e. The Kier molecular flexibility index (Phi) is 5.41. The van der Waals surface area contributed by atoms with Crippen LogP contribution in [0.1, 0.15) is 11.6 Å². The van der Waals surface area contributed by atoms with Crippen LogP contribution in [0.4, 0.5) is 5.69 Å². The highest BCUT2D eigenvalue weighted by atomic mass is 32.2. The van der Waals surface area contributed by atoms with Crippen molar-refractivity contribution in [2.75, 3.05) is 17.3 Å². The summed E-state index contributed by atoms with van der Waals surface area (Å²) in [5.41, 5.74) is 2.83. The zero-order chi connectivity index (χ0) is 21.0. The fraction of sp³-hybridized carbons (Fsp3) is 0.125. The summed E-state index contributed by atoms with van der Waals surface area (Å²) >= 11 is 1.77. The third kappa shape index (κ3) is 4.04. The van der Waals surface area contributed by atoms with Gasteiger partial charge in [0.15, 0.2) is 6.61 Å². The molecule has 0 bridgehead atoms. The molecule has 0 saturated carbocycles. The number of para-hydroxylation sites is 1. The molecule has 5 rings (SSSR count). The first-order valence-electron chi connectivity index (χ1n) is 9.88. The molecule has 154 valence electrons. The number of thioether (sulfide) groups is 1. The van der Waals surface area contributed by atoms with E-state index in [0.717, 1.165) is 27.5 Å². The van der Waals surface area contributed by atoms with Gasteiger partial charge in [0.1, 0.15) is 5.75 Å². The van der Waals surface area contributed by atoms with E-state index in [1.165, 1.54) is 6.39 Å². The van der Waals surface area contributed by atoms with Gasteiger partial charge in [-0.1, -0.05) is 42.5 Å². The summed E-state index contributed by atoms with van der Waals surface area (Å²) in [6.45, 7) is -0.0533. The van der Waals surface area contributed by atoms with Crippen LogP contribution < -0.4 is 9.64 Å². The first-order chi connectivity index (χ1) is 15.3. The number of fused-ring (bicyclic) bond motifs is 1. The number of rotatable bonds is 5. The smallest absolute Gasteiger partial charge is 0.265 e. The van der Waals surface area contributed by atoms with E-state index in [1.54, 1.807) is 23.9 Å². The van der Waals surface area contributed by atoms with Gasteiger partial charge in [0, 0.05) is 16.2 Å². The summed E-state index contributed by atoms with van der Waals surface area (Å²) in [7, 11) is 0. The lowest BCUT2D eigenvalue weighted by molar-refractivity contribution is -0.121. The molecule has 0 fully saturated rings. The Bertz CT molecular complexity index is 1160. The van der Waals surface area contributed by atoms with Crippen molar-refractivity contribution in [1.82, 2.24) is 10.2 Å². The molecule has 0 saturated heterocycles. The van der Waals surface area contributed by atoms with Crippen molar-refractivity contribution >= 4 is 23.4 Å². The molecule has 1 atom stereocenters. The van der Waals surface area contributed by atoms with Crippen LogP contribution in [0.15, 0.2) is 94.6 Å². The highest BCUT2D eigenvalue weighted by Crippen LogP contribution is 2.43. The Morgan fingerprint density at radius 3 is 2.58 bits per heavy atom. The van der Waals surface area contributed by atoms with Gasteiger partial charge in [-0.3, -0.25) is 9.69 Å². The van der Waals surface area contributed by atoms with E-state index >= 15 is 0 Å². The molecular weight excluding hydrogens is 410 g/mol. The van der Waals surface area contributed by atoms with Crippen molar-refractivity contribution in [2.45, 2.75) is 10.9 Å². The Labute approximate surface area is 183 Å². The van der Waals surface area contributed by atoms with Crippen LogP contribution >= 0.6 is 11.8 Å². The number of amides is 1. The van der Waals surface area contributed by atoms with Gasteiger partial charge in [-0.25, -0.2) is 0 Å². The predicted octanol–water partition coefficient (Wildman–Crippen LogP) is 5.00. The van der Waals surface area contributed by atoms with Gasteiger partial charge in [-0.05, 0) is 42.0 Å². The van der Waals surface area contributed by atoms with Gasteiger partial charge >= 0.3 is 0 Å². The number of benzene rings is 3. The lowest BCUT2D eigenvalue weighted by atomic mass is 10.1. The van der Waals surface area contributed by atoms with Crippen LogP contribution in [-0.2, 0) is 4.79 Å². The van der Waals surface area contributed by atoms with Gasteiger partial charge in [0.25, 0.3) is 5.91 Å². The molecule has 1 unspecified atom stereocenters. The second-order valence-electron chi connectivity index (χ2n) is 7.03. The van der Waals surface area contributed by atoms with Crippen LogP contribution in [0.2, 0.25) is 0 Å². The molecule has 0 radical (unpaired) electrons. The van der Waals surface area contributed by atoms with Crippen LogP contribution in [0.25, 0.3) is 11.5 Å². The molecule has 2 heterocycles. The van der Waals surface area contributed by atoms with E-state index in [0.29, 0.717) is 11.6 Å². The van der Waals surface area contributed by atoms with E-state index in [-0.39, 0.29) is 18.6 Å². The quantitative estimate of drug-likeness (QED) is 0.445. The maximum absolute atomic E-state index is 13.3. The van der Waals surface area contributed by atoms with Gasteiger partial charge in [-0.2, -0.15) is 0 Å². The van der Waals surface area contributed by atoms with Crippen molar-refractivity contribution in [2.24, 2.45) is 0 Å². The topological polar surface area (TPSA) is 68.5 Å². The van der Waals surface area contributed by atoms with Crippen molar-refractivity contribution in [3.05, 3.63) is 90.8 Å². The largest absolute Gasteiger partial charge is 0.484 e. The summed E-state index contributed by atoms with van der Waals surface area (Å²) in [5.74, 6) is 1.76. The molecule has 1 aliphatic rings. The highest BCUT2D eigenvalue weighted by molar-refractivity contribution is 7.99. The zero-order valence-corrected chi connectivity index (χ0v) is 17.4. The van der Waals surface area contributed by atoms with E-state index < -0.39 is 0 Å². The van der Waals surface area contributed by atoms with Gasteiger partial charge in [0.2, 0.25) is 12.3 Å². The molecule has 0 N–H and O–H groups in total. The van der Waals surface area contributed by atoms with Crippen LogP contribution in [0.3, 0.4) is 0 Å². The Hall–Kier alpha value is -3.58. The monoisotopic (exact) mass is 429 g/mol. The van der Waals surface area contributed by atoms with Crippen molar-refractivity contribution in [1.29, 1.82) is 0 Å². The van der Waals surface area contributed by atoms with Crippen molar-refractivity contribution < 1.29 is 13.9 Å². The molecule has 7 heteroatoms. The fourth-order valence-electron chi connectivity index (χ4n) is 3.63. The van der Waals surface area contributed by atoms with E-state index in [1.807, 2.05) is 53.4 Å². The molecule has 0 spiro atoms.